The lowest BCUT2D eigenvalue weighted by molar-refractivity contribution is 0.0992. The van der Waals surface area contributed by atoms with E-state index < -0.39 is 0 Å². The lowest BCUT2D eigenvalue weighted by atomic mass is 10.1. The number of carbonyl (C=O) groups excluding carboxylic acids is 1. The fourth-order valence-electron chi connectivity index (χ4n) is 3.18. The first kappa shape index (κ1) is 16.4. The molecule has 1 amide bonds. The van der Waals surface area contributed by atoms with Crippen molar-refractivity contribution in [2.75, 3.05) is 11.4 Å². The molecular weight excluding hydrogens is 346 g/mol. The second-order valence-corrected chi connectivity index (χ2v) is 8.21. The van der Waals surface area contributed by atoms with Gasteiger partial charge in [0.1, 0.15) is 0 Å². The summed E-state index contributed by atoms with van der Waals surface area (Å²) in [4.78, 5) is 18.4. The topological polar surface area (TPSA) is 20.3 Å². The average molecular weight is 366 g/mol. The van der Waals surface area contributed by atoms with Gasteiger partial charge in [0.15, 0.2) is 0 Å². The third-order valence-corrected chi connectivity index (χ3v) is 6.73. The summed E-state index contributed by atoms with van der Waals surface area (Å²) in [6.45, 7) is 4.74. The fraction of sp³-hybridized carbons (Fsp3) is 0.190. The number of rotatable bonds is 3. The van der Waals surface area contributed by atoms with Crippen LogP contribution in [0.1, 0.15) is 27.7 Å². The number of nitrogens with zero attached hydrogens (tertiary/aromatic N) is 1. The van der Waals surface area contributed by atoms with Gasteiger partial charge in [0.05, 0.1) is 4.88 Å². The molecule has 2 heterocycles. The molecule has 1 aliphatic rings. The lowest BCUT2D eigenvalue weighted by Gasteiger charge is -2.20. The van der Waals surface area contributed by atoms with Crippen molar-refractivity contribution in [1.82, 2.24) is 0 Å². The van der Waals surface area contributed by atoms with Crippen LogP contribution >= 0.6 is 23.1 Å². The molecule has 0 aliphatic carbocycles. The van der Waals surface area contributed by atoms with Crippen molar-refractivity contribution in [3.8, 4) is 10.4 Å². The van der Waals surface area contributed by atoms with Gasteiger partial charge in [0.25, 0.3) is 5.91 Å². The largest absolute Gasteiger partial charge is 0.308 e. The number of amides is 1. The van der Waals surface area contributed by atoms with Gasteiger partial charge in [-0.05, 0) is 49.2 Å². The van der Waals surface area contributed by atoms with Crippen molar-refractivity contribution in [2.45, 2.75) is 24.5 Å². The van der Waals surface area contributed by atoms with Crippen LogP contribution in [0.25, 0.3) is 10.4 Å². The Morgan fingerprint density at radius 3 is 2.76 bits per heavy atom. The van der Waals surface area contributed by atoms with Gasteiger partial charge < -0.3 is 4.90 Å². The first-order valence-electron chi connectivity index (χ1n) is 8.41. The summed E-state index contributed by atoms with van der Waals surface area (Å²) < 4.78 is 0. The van der Waals surface area contributed by atoms with Crippen LogP contribution < -0.4 is 4.90 Å². The highest BCUT2D eigenvalue weighted by molar-refractivity contribution is 7.98. The molecular formula is C21H19NOS2. The van der Waals surface area contributed by atoms with Gasteiger partial charge in [0.2, 0.25) is 0 Å². The summed E-state index contributed by atoms with van der Waals surface area (Å²) in [5.74, 6) is 1.03. The molecule has 4 heteroatoms. The van der Waals surface area contributed by atoms with E-state index >= 15 is 0 Å². The molecule has 0 spiro atoms. The molecule has 0 N–H and O–H groups in total. The normalized spacial score (nSPS) is 12.4. The Kier molecular flexibility index (Phi) is 4.40. The number of thioether (sulfide) groups is 1. The van der Waals surface area contributed by atoms with Crippen LogP contribution in [0.15, 0.2) is 59.5 Å². The zero-order valence-corrected chi connectivity index (χ0v) is 15.9. The molecule has 0 unspecified atom stereocenters. The second-order valence-electron chi connectivity index (χ2n) is 6.14. The highest BCUT2D eigenvalue weighted by Gasteiger charge is 2.24. The summed E-state index contributed by atoms with van der Waals surface area (Å²) in [5, 5.41) is 0. The van der Waals surface area contributed by atoms with E-state index in [0.717, 1.165) is 16.3 Å². The maximum absolute atomic E-state index is 13.1. The standard InChI is InChI=1S/C21H19NOS2/c1-3-22(16-8-6-7-14(2)11-16)21(23)19-12-15-13-24-18-10-5-4-9-17(18)20(15)25-19/h4-12H,3,13H2,1-2H3. The van der Waals surface area contributed by atoms with Gasteiger partial charge in [-0.25, -0.2) is 0 Å². The predicted octanol–water partition coefficient (Wildman–Crippen LogP) is 6.00. The molecule has 0 saturated heterocycles. The Morgan fingerprint density at radius 1 is 1.12 bits per heavy atom. The quantitative estimate of drug-likeness (QED) is 0.568. The molecule has 3 aromatic rings. The SMILES string of the molecule is CCN(C(=O)c1cc2c(s1)-c1ccccc1SC2)c1cccc(C)c1. The van der Waals surface area contributed by atoms with Crippen molar-refractivity contribution in [1.29, 1.82) is 0 Å². The molecule has 0 atom stereocenters. The number of hydrogen-bond donors (Lipinski definition) is 0. The Bertz CT molecular complexity index is 945. The number of fused-ring (bicyclic) bond motifs is 3. The number of carbonyl (C=O) groups is 1. The smallest absolute Gasteiger partial charge is 0.268 e. The van der Waals surface area contributed by atoms with Crippen molar-refractivity contribution < 1.29 is 4.79 Å². The number of aryl methyl sites for hydroxylation is 1. The van der Waals surface area contributed by atoms with Crippen LogP contribution in [0.2, 0.25) is 0 Å². The molecule has 126 valence electrons. The van der Waals surface area contributed by atoms with Crippen molar-refractivity contribution in [3.05, 3.63) is 70.6 Å². The third-order valence-electron chi connectivity index (χ3n) is 4.41. The summed E-state index contributed by atoms with van der Waals surface area (Å²) in [6.07, 6.45) is 0. The zero-order valence-electron chi connectivity index (χ0n) is 14.3. The van der Waals surface area contributed by atoms with Crippen molar-refractivity contribution >= 4 is 34.7 Å². The van der Waals surface area contributed by atoms with E-state index in [2.05, 4.69) is 49.4 Å². The fourth-order valence-corrected chi connectivity index (χ4v) is 5.54. The van der Waals surface area contributed by atoms with Gasteiger partial charge in [-0.1, -0.05) is 30.3 Å². The monoisotopic (exact) mass is 365 g/mol. The molecule has 2 aromatic carbocycles. The highest BCUT2D eigenvalue weighted by Crippen LogP contribution is 2.45. The second kappa shape index (κ2) is 6.70. The van der Waals surface area contributed by atoms with Gasteiger partial charge in [0, 0.05) is 33.3 Å². The van der Waals surface area contributed by atoms with Gasteiger partial charge in [-0.15, -0.1) is 23.1 Å². The third kappa shape index (κ3) is 3.00. The summed E-state index contributed by atoms with van der Waals surface area (Å²) >= 11 is 3.47. The van der Waals surface area contributed by atoms with Crippen LogP contribution in [-0.4, -0.2) is 12.5 Å². The van der Waals surface area contributed by atoms with E-state index in [1.54, 1.807) is 11.3 Å². The van der Waals surface area contributed by atoms with Gasteiger partial charge in [-0.2, -0.15) is 0 Å². The van der Waals surface area contributed by atoms with Crippen molar-refractivity contribution in [2.24, 2.45) is 0 Å². The minimum Gasteiger partial charge on any atom is -0.308 e. The summed E-state index contributed by atoms with van der Waals surface area (Å²) in [7, 11) is 0. The minimum absolute atomic E-state index is 0.0926. The van der Waals surface area contributed by atoms with E-state index in [4.69, 9.17) is 0 Å². The lowest BCUT2D eigenvalue weighted by Crippen LogP contribution is -2.29. The van der Waals surface area contributed by atoms with E-state index in [0.29, 0.717) is 6.54 Å². The van der Waals surface area contributed by atoms with Gasteiger partial charge in [-0.3, -0.25) is 4.79 Å². The number of thiophene rings is 1. The number of benzene rings is 2. The van der Waals surface area contributed by atoms with Crippen molar-refractivity contribution in [3.63, 3.8) is 0 Å². The minimum atomic E-state index is 0.0926. The number of hydrogen-bond acceptors (Lipinski definition) is 3. The van der Waals surface area contributed by atoms with Gasteiger partial charge >= 0.3 is 0 Å². The maximum atomic E-state index is 13.1. The first-order valence-corrected chi connectivity index (χ1v) is 10.2. The van der Waals surface area contributed by atoms with E-state index in [9.17, 15) is 4.79 Å². The number of anilines is 1. The predicted molar refractivity (Wildman–Crippen MR) is 108 cm³/mol. The molecule has 0 radical (unpaired) electrons. The van der Waals surface area contributed by atoms with Crippen LogP contribution in [0.4, 0.5) is 5.69 Å². The Balaban J connectivity index is 1.71. The first-order chi connectivity index (χ1) is 12.2. The molecule has 1 aromatic heterocycles. The molecule has 25 heavy (non-hydrogen) atoms. The van der Waals surface area contributed by atoms with E-state index in [1.807, 2.05) is 35.7 Å². The Hall–Kier alpha value is -2.04. The molecule has 1 aliphatic heterocycles. The van der Waals surface area contributed by atoms with Crippen LogP contribution in [-0.2, 0) is 5.75 Å². The van der Waals surface area contributed by atoms with E-state index in [1.165, 1.54) is 26.5 Å². The highest BCUT2D eigenvalue weighted by atomic mass is 32.2. The Morgan fingerprint density at radius 2 is 1.96 bits per heavy atom. The molecule has 4 rings (SSSR count). The molecule has 0 saturated carbocycles. The summed E-state index contributed by atoms with van der Waals surface area (Å²) in [6, 6.07) is 18.7. The van der Waals surface area contributed by atoms with Crippen LogP contribution in [0.5, 0.6) is 0 Å². The van der Waals surface area contributed by atoms with Crippen LogP contribution in [0, 0.1) is 6.92 Å². The molecule has 0 bridgehead atoms. The average Bonchev–Trinajstić information content (AvgIpc) is 3.07. The van der Waals surface area contributed by atoms with E-state index in [-0.39, 0.29) is 5.91 Å². The molecule has 2 nitrogen and oxygen atoms in total. The summed E-state index contributed by atoms with van der Waals surface area (Å²) in [5.41, 5.74) is 4.67. The van der Waals surface area contributed by atoms with Crippen LogP contribution in [0.3, 0.4) is 0 Å². The Labute approximate surface area is 156 Å². The maximum Gasteiger partial charge on any atom is 0.268 e. The molecule has 0 fully saturated rings. The zero-order chi connectivity index (χ0) is 17.4.